The number of nitrogens with zero attached hydrogens (tertiary/aromatic N) is 2. The number of benzene rings is 2. The lowest BCUT2D eigenvalue weighted by Gasteiger charge is -2.05. The van der Waals surface area contributed by atoms with E-state index in [1.54, 1.807) is 19.1 Å². The van der Waals surface area contributed by atoms with Crippen molar-refractivity contribution in [2.24, 2.45) is 0 Å². The van der Waals surface area contributed by atoms with Gasteiger partial charge in [0, 0.05) is 11.1 Å². The Kier molecular flexibility index (Phi) is 3.62. The van der Waals surface area contributed by atoms with E-state index >= 15 is 0 Å². The van der Waals surface area contributed by atoms with Crippen LogP contribution in [0, 0.1) is 6.92 Å². The Morgan fingerprint density at radius 1 is 1.05 bits per heavy atom. The lowest BCUT2D eigenvalue weighted by atomic mass is 10.1. The summed E-state index contributed by atoms with van der Waals surface area (Å²) in [4.78, 5) is 0. The minimum Gasteiger partial charge on any atom is -0.508 e. The van der Waals surface area contributed by atoms with E-state index in [1.165, 1.54) is 0 Å². The van der Waals surface area contributed by atoms with Crippen molar-refractivity contribution in [1.29, 1.82) is 0 Å². The SMILES string of the molecule is Cc1c(O)cccc1-c1nnc(C(Cl)c2ccccc2)o1. The predicted octanol–water partition coefficient (Wildman–Crippen LogP) is 4.08. The Balaban J connectivity index is 1.95. The van der Waals surface area contributed by atoms with Gasteiger partial charge in [-0.2, -0.15) is 0 Å². The van der Waals surface area contributed by atoms with Crippen molar-refractivity contribution in [3.63, 3.8) is 0 Å². The standard InChI is InChI=1S/C16H13ClN2O2/c1-10-12(8-5-9-13(10)20)15-18-19-16(21-15)14(17)11-6-3-2-4-7-11/h2-9,14,20H,1H3. The number of aromatic hydroxyl groups is 1. The van der Waals surface area contributed by atoms with E-state index in [0.29, 0.717) is 22.9 Å². The van der Waals surface area contributed by atoms with Crippen molar-refractivity contribution in [1.82, 2.24) is 10.2 Å². The molecule has 0 aliphatic carbocycles. The van der Waals surface area contributed by atoms with Crippen LogP contribution in [-0.4, -0.2) is 15.3 Å². The number of halogens is 1. The average molecular weight is 301 g/mol. The Bertz CT molecular complexity index is 756. The number of phenols is 1. The van der Waals surface area contributed by atoms with Crippen molar-refractivity contribution in [3.05, 3.63) is 65.5 Å². The number of alkyl halides is 1. The van der Waals surface area contributed by atoms with Crippen LogP contribution in [0.15, 0.2) is 52.9 Å². The number of hydrogen-bond acceptors (Lipinski definition) is 4. The summed E-state index contributed by atoms with van der Waals surface area (Å²) in [7, 11) is 0. The van der Waals surface area contributed by atoms with Gasteiger partial charge in [-0.25, -0.2) is 0 Å². The van der Waals surface area contributed by atoms with Crippen LogP contribution in [0.5, 0.6) is 5.75 Å². The molecule has 21 heavy (non-hydrogen) atoms. The molecule has 0 saturated heterocycles. The summed E-state index contributed by atoms with van der Waals surface area (Å²) < 4.78 is 5.66. The van der Waals surface area contributed by atoms with Crippen LogP contribution in [0.2, 0.25) is 0 Å². The van der Waals surface area contributed by atoms with Gasteiger partial charge in [0.2, 0.25) is 11.8 Å². The van der Waals surface area contributed by atoms with E-state index in [9.17, 15) is 5.11 Å². The fraction of sp³-hybridized carbons (Fsp3) is 0.125. The fourth-order valence-corrected chi connectivity index (χ4v) is 2.30. The molecular formula is C16H13ClN2O2. The van der Waals surface area contributed by atoms with Gasteiger partial charge in [0.15, 0.2) is 0 Å². The smallest absolute Gasteiger partial charge is 0.248 e. The lowest BCUT2D eigenvalue weighted by molar-refractivity contribution is 0.470. The molecule has 3 rings (SSSR count). The number of rotatable bonds is 3. The number of aromatic nitrogens is 2. The third kappa shape index (κ3) is 2.62. The monoisotopic (exact) mass is 300 g/mol. The lowest BCUT2D eigenvalue weighted by Crippen LogP contribution is -1.92. The van der Waals surface area contributed by atoms with Crippen LogP contribution in [0.25, 0.3) is 11.5 Å². The molecule has 0 amide bonds. The number of phenolic OH excluding ortho intramolecular Hbond substituents is 1. The molecule has 106 valence electrons. The van der Waals surface area contributed by atoms with Gasteiger partial charge in [0.25, 0.3) is 0 Å². The van der Waals surface area contributed by atoms with E-state index in [4.69, 9.17) is 16.0 Å². The highest BCUT2D eigenvalue weighted by Gasteiger charge is 2.19. The molecule has 0 spiro atoms. The van der Waals surface area contributed by atoms with Crippen LogP contribution in [-0.2, 0) is 0 Å². The maximum absolute atomic E-state index is 9.74. The first-order chi connectivity index (χ1) is 10.2. The molecule has 0 fully saturated rings. The topological polar surface area (TPSA) is 59.2 Å². The van der Waals surface area contributed by atoms with Gasteiger partial charge >= 0.3 is 0 Å². The highest BCUT2D eigenvalue weighted by Crippen LogP contribution is 2.32. The fourth-order valence-electron chi connectivity index (χ4n) is 2.07. The average Bonchev–Trinajstić information content (AvgIpc) is 3.00. The third-order valence-electron chi connectivity index (χ3n) is 3.29. The molecule has 0 aliphatic heterocycles. The Hall–Kier alpha value is -2.33. The Morgan fingerprint density at radius 3 is 2.57 bits per heavy atom. The molecule has 0 saturated carbocycles. The molecule has 3 aromatic rings. The molecule has 1 unspecified atom stereocenters. The molecule has 0 bridgehead atoms. The van der Waals surface area contributed by atoms with Gasteiger partial charge in [0.05, 0.1) is 0 Å². The summed E-state index contributed by atoms with van der Waals surface area (Å²) in [6.07, 6.45) is 0. The first-order valence-corrected chi connectivity index (χ1v) is 6.92. The normalized spacial score (nSPS) is 12.3. The van der Waals surface area contributed by atoms with Crippen molar-refractivity contribution >= 4 is 11.6 Å². The summed E-state index contributed by atoms with van der Waals surface area (Å²) in [5, 5.41) is 17.3. The summed E-state index contributed by atoms with van der Waals surface area (Å²) in [5.41, 5.74) is 2.28. The first kappa shape index (κ1) is 13.6. The summed E-state index contributed by atoms with van der Waals surface area (Å²) >= 11 is 6.36. The third-order valence-corrected chi connectivity index (χ3v) is 3.72. The second-order valence-electron chi connectivity index (χ2n) is 4.67. The van der Waals surface area contributed by atoms with Crippen molar-refractivity contribution < 1.29 is 9.52 Å². The molecule has 5 heteroatoms. The second kappa shape index (κ2) is 5.58. The molecule has 1 N–H and O–H groups in total. The molecule has 4 nitrogen and oxygen atoms in total. The van der Waals surface area contributed by atoms with E-state index in [2.05, 4.69) is 10.2 Å². The zero-order chi connectivity index (χ0) is 14.8. The highest BCUT2D eigenvalue weighted by molar-refractivity contribution is 6.22. The summed E-state index contributed by atoms with van der Waals surface area (Å²) in [5.74, 6) is 0.873. The molecule has 0 radical (unpaired) electrons. The molecule has 1 heterocycles. The first-order valence-electron chi connectivity index (χ1n) is 6.48. The Morgan fingerprint density at radius 2 is 1.81 bits per heavy atom. The molecule has 1 atom stereocenters. The molecular weight excluding hydrogens is 288 g/mol. The maximum Gasteiger partial charge on any atom is 0.248 e. The summed E-state index contributed by atoms with van der Waals surface area (Å²) in [6, 6.07) is 14.7. The Labute approximate surface area is 127 Å². The zero-order valence-electron chi connectivity index (χ0n) is 11.3. The quantitative estimate of drug-likeness (QED) is 0.740. The van der Waals surface area contributed by atoms with Crippen molar-refractivity contribution in [3.8, 4) is 17.2 Å². The minimum absolute atomic E-state index is 0.192. The van der Waals surface area contributed by atoms with Crippen molar-refractivity contribution in [2.45, 2.75) is 12.3 Å². The van der Waals surface area contributed by atoms with Gasteiger partial charge in [-0.1, -0.05) is 36.4 Å². The largest absolute Gasteiger partial charge is 0.508 e. The second-order valence-corrected chi connectivity index (χ2v) is 5.10. The van der Waals surface area contributed by atoms with Crippen LogP contribution >= 0.6 is 11.6 Å². The van der Waals surface area contributed by atoms with E-state index in [-0.39, 0.29) is 5.75 Å². The van der Waals surface area contributed by atoms with Gasteiger partial charge in [-0.15, -0.1) is 21.8 Å². The molecule has 1 aromatic heterocycles. The van der Waals surface area contributed by atoms with Crippen LogP contribution in [0.3, 0.4) is 0 Å². The van der Waals surface area contributed by atoms with Crippen LogP contribution in [0.4, 0.5) is 0 Å². The van der Waals surface area contributed by atoms with Crippen LogP contribution in [0.1, 0.15) is 22.4 Å². The van der Waals surface area contributed by atoms with E-state index in [0.717, 1.165) is 5.56 Å². The molecule has 2 aromatic carbocycles. The van der Waals surface area contributed by atoms with Gasteiger partial charge in [0.1, 0.15) is 11.1 Å². The van der Waals surface area contributed by atoms with Gasteiger partial charge in [-0.05, 0) is 24.6 Å². The molecule has 0 aliphatic rings. The predicted molar refractivity (Wildman–Crippen MR) is 80.3 cm³/mol. The number of hydrogen-bond donors (Lipinski definition) is 1. The van der Waals surface area contributed by atoms with Crippen molar-refractivity contribution in [2.75, 3.05) is 0 Å². The zero-order valence-corrected chi connectivity index (χ0v) is 12.1. The highest BCUT2D eigenvalue weighted by atomic mass is 35.5. The van der Waals surface area contributed by atoms with E-state index in [1.807, 2.05) is 36.4 Å². The van der Waals surface area contributed by atoms with Crippen LogP contribution < -0.4 is 0 Å². The minimum atomic E-state index is -0.495. The maximum atomic E-state index is 9.74. The van der Waals surface area contributed by atoms with Gasteiger partial charge < -0.3 is 9.52 Å². The van der Waals surface area contributed by atoms with E-state index < -0.39 is 5.38 Å². The summed E-state index contributed by atoms with van der Waals surface area (Å²) in [6.45, 7) is 1.80. The van der Waals surface area contributed by atoms with Gasteiger partial charge in [-0.3, -0.25) is 0 Å².